The topological polar surface area (TPSA) is 117 Å². The number of nitrogens with two attached hydrogens (primary N) is 1. The van der Waals surface area contributed by atoms with Crippen LogP contribution in [0.15, 0.2) is 37.5 Å². The summed E-state index contributed by atoms with van der Waals surface area (Å²) in [5.41, 5.74) is 5.88. The second kappa shape index (κ2) is 8.32. The van der Waals surface area contributed by atoms with Crippen molar-refractivity contribution in [2.75, 3.05) is 12.9 Å². The first-order chi connectivity index (χ1) is 12.2. The Labute approximate surface area is 155 Å². The van der Waals surface area contributed by atoms with Crippen LogP contribution < -0.4 is 10.5 Å². The third-order valence-electron chi connectivity index (χ3n) is 2.86. The van der Waals surface area contributed by atoms with E-state index in [0.717, 1.165) is 9.90 Å². The molecule has 130 valence electrons. The lowest BCUT2D eigenvalue weighted by Gasteiger charge is -2.02. The highest BCUT2D eigenvalue weighted by Crippen LogP contribution is 2.31. The largest absolute Gasteiger partial charge is 0.496 e. The third-order valence-corrected chi connectivity index (χ3v) is 6.06. The van der Waals surface area contributed by atoms with Crippen molar-refractivity contribution in [2.24, 2.45) is 5.73 Å². The average Bonchev–Trinajstić information content (AvgIpc) is 3.27. The molecule has 1 amide bonds. The molecule has 0 fully saturated rings. The fraction of sp³-hybridized carbons (Fsp3) is 0.214. The highest BCUT2D eigenvalue weighted by Gasteiger charge is 2.14. The van der Waals surface area contributed by atoms with Gasteiger partial charge in [-0.15, -0.1) is 10.2 Å². The number of amides is 1. The van der Waals surface area contributed by atoms with Crippen molar-refractivity contribution in [2.45, 2.75) is 14.4 Å². The Bertz CT molecular complexity index is 867. The predicted molar refractivity (Wildman–Crippen MR) is 95.7 cm³/mol. The van der Waals surface area contributed by atoms with E-state index in [4.69, 9.17) is 15.0 Å². The van der Waals surface area contributed by atoms with E-state index in [9.17, 15) is 4.79 Å². The van der Waals surface area contributed by atoms with E-state index >= 15 is 0 Å². The Morgan fingerprint density at radius 2 is 2.04 bits per heavy atom. The average molecular weight is 395 g/mol. The van der Waals surface area contributed by atoms with Gasteiger partial charge in [0.05, 0.1) is 24.2 Å². The van der Waals surface area contributed by atoms with E-state index in [1.165, 1.54) is 34.9 Å². The lowest BCUT2D eigenvalue weighted by molar-refractivity contribution is -0.115. The Morgan fingerprint density at radius 3 is 2.80 bits per heavy atom. The number of nitrogens with zero attached hydrogens (tertiary/aromatic N) is 4. The van der Waals surface area contributed by atoms with Crippen molar-refractivity contribution in [3.8, 4) is 17.1 Å². The second-order valence-electron chi connectivity index (χ2n) is 4.59. The van der Waals surface area contributed by atoms with Crippen molar-refractivity contribution >= 4 is 40.8 Å². The molecule has 3 aromatic rings. The van der Waals surface area contributed by atoms with E-state index in [-0.39, 0.29) is 11.7 Å². The second-order valence-corrected chi connectivity index (χ2v) is 8.01. The van der Waals surface area contributed by atoms with Gasteiger partial charge in [-0.2, -0.15) is 4.98 Å². The summed E-state index contributed by atoms with van der Waals surface area (Å²) in [6.45, 7) is 0. The van der Waals surface area contributed by atoms with Crippen LogP contribution in [0.4, 0.5) is 0 Å². The summed E-state index contributed by atoms with van der Waals surface area (Å²) < 4.78 is 12.0. The van der Waals surface area contributed by atoms with E-state index in [0.29, 0.717) is 27.6 Å². The molecule has 0 aliphatic rings. The van der Waals surface area contributed by atoms with Gasteiger partial charge in [0.25, 0.3) is 0 Å². The predicted octanol–water partition coefficient (Wildman–Crippen LogP) is 2.47. The molecule has 25 heavy (non-hydrogen) atoms. The van der Waals surface area contributed by atoms with Crippen LogP contribution in [0.3, 0.4) is 0 Å². The number of hydrogen-bond acceptors (Lipinski definition) is 10. The van der Waals surface area contributed by atoms with E-state index in [1.54, 1.807) is 7.11 Å². The van der Waals surface area contributed by atoms with Gasteiger partial charge < -0.3 is 15.0 Å². The molecule has 0 saturated heterocycles. The molecular weight excluding hydrogens is 382 g/mol. The molecule has 11 heteroatoms. The van der Waals surface area contributed by atoms with Crippen LogP contribution in [0.25, 0.3) is 11.4 Å². The number of carbonyl (C=O) groups is 1. The molecule has 2 heterocycles. The fourth-order valence-corrected chi connectivity index (χ4v) is 4.42. The van der Waals surface area contributed by atoms with Gasteiger partial charge in [-0.05, 0) is 12.1 Å². The molecule has 0 aliphatic heterocycles. The Hall–Kier alpha value is -2.11. The smallest absolute Gasteiger partial charge is 0.237 e. The number of ether oxygens (including phenoxy) is 1. The van der Waals surface area contributed by atoms with Crippen molar-refractivity contribution in [1.82, 2.24) is 20.3 Å². The molecule has 0 spiro atoms. The summed E-state index contributed by atoms with van der Waals surface area (Å²) in [5, 5.41) is 12.0. The molecule has 0 aliphatic carbocycles. The van der Waals surface area contributed by atoms with Gasteiger partial charge in [0.1, 0.15) is 5.75 Å². The molecule has 0 unspecified atom stereocenters. The Morgan fingerprint density at radius 1 is 1.28 bits per heavy atom. The lowest BCUT2D eigenvalue weighted by Crippen LogP contribution is -2.12. The maximum Gasteiger partial charge on any atom is 0.237 e. The summed E-state index contributed by atoms with van der Waals surface area (Å²) >= 11 is 4.09. The zero-order valence-corrected chi connectivity index (χ0v) is 15.5. The standard InChI is InChI=1S/C14H13N5O3S3/c1-21-9-5-3-2-4-8(9)12-16-11(22-19-12)7-24-14-18-17-13(25-14)23-6-10(15)20/h2-5H,6-7H2,1H3,(H2,15,20). The van der Waals surface area contributed by atoms with Crippen LogP contribution in [0.1, 0.15) is 5.89 Å². The number of primary amides is 1. The first-order valence-corrected chi connectivity index (χ1v) is 9.78. The van der Waals surface area contributed by atoms with Gasteiger partial charge >= 0.3 is 0 Å². The van der Waals surface area contributed by atoms with Crippen molar-refractivity contribution in [3.05, 3.63) is 30.2 Å². The van der Waals surface area contributed by atoms with Gasteiger partial charge in [-0.25, -0.2) is 0 Å². The summed E-state index contributed by atoms with van der Waals surface area (Å²) in [7, 11) is 1.60. The van der Waals surface area contributed by atoms with E-state index in [2.05, 4.69) is 20.3 Å². The summed E-state index contributed by atoms with van der Waals surface area (Å²) in [4.78, 5) is 15.2. The number of benzene rings is 1. The number of carbonyl (C=O) groups excluding carboxylic acids is 1. The molecular formula is C14H13N5O3S3. The van der Waals surface area contributed by atoms with Crippen LogP contribution in [0.2, 0.25) is 0 Å². The molecule has 0 bridgehead atoms. The Balaban J connectivity index is 1.61. The van der Waals surface area contributed by atoms with E-state index in [1.807, 2.05) is 24.3 Å². The van der Waals surface area contributed by atoms with E-state index < -0.39 is 0 Å². The van der Waals surface area contributed by atoms with Gasteiger partial charge in [0, 0.05) is 0 Å². The van der Waals surface area contributed by atoms with Gasteiger partial charge in [0.15, 0.2) is 8.68 Å². The zero-order valence-electron chi connectivity index (χ0n) is 13.0. The number of thioether (sulfide) groups is 2. The minimum atomic E-state index is -0.385. The van der Waals surface area contributed by atoms with Crippen molar-refractivity contribution < 1.29 is 14.1 Å². The minimum absolute atomic E-state index is 0.186. The summed E-state index contributed by atoms with van der Waals surface area (Å²) in [6, 6.07) is 7.47. The minimum Gasteiger partial charge on any atom is -0.496 e. The number of hydrogen-bond donors (Lipinski definition) is 1. The Kier molecular flexibility index (Phi) is 5.89. The molecule has 0 atom stereocenters. The van der Waals surface area contributed by atoms with Gasteiger partial charge in [0.2, 0.25) is 17.6 Å². The highest BCUT2D eigenvalue weighted by atomic mass is 32.2. The SMILES string of the molecule is COc1ccccc1-c1noc(CSc2nnc(SCC(N)=O)s2)n1. The molecule has 0 saturated carbocycles. The first-order valence-electron chi connectivity index (χ1n) is 6.99. The van der Waals surface area contributed by atoms with Gasteiger partial charge in [-0.1, -0.05) is 52.1 Å². The zero-order chi connectivity index (χ0) is 17.6. The maximum atomic E-state index is 10.8. The summed E-state index contributed by atoms with van der Waals surface area (Å²) in [6.07, 6.45) is 0. The molecule has 0 radical (unpaired) electrons. The monoisotopic (exact) mass is 395 g/mol. The number of rotatable bonds is 8. The number of methoxy groups -OCH3 is 1. The van der Waals surface area contributed by atoms with Crippen LogP contribution in [0, 0.1) is 0 Å². The number of para-hydroxylation sites is 1. The van der Waals surface area contributed by atoms with Crippen molar-refractivity contribution in [3.63, 3.8) is 0 Å². The lowest BCUT2D eigenvalue weighted by atomic mass is 10.2. The highest BCUT2D eigenvalue weighted by molar-refractivity contribution is 8.03. The molecule has 2 aromatic heterocycles. The molecule has 8 nitrogen and oxygen atoms in total. The third kappa shape index (κ3) is 4.71. The van der Waals surface area contributed by atoms with Crippen LogP contribution in [-0.2, 0) is 10.5 Å². The van der Waals surface area contributed by atoms with Crippen LogP contribution in [-0.4, -0.2) is 39.1 Å². The normalized spacial score (nSPS) is 10.8. The molecule has 1 aromatic carbocycles. The van der Waals surface area contributed by atoms with Crippen molar-refractivity contribution in [1.29, 1.82) is 0 Å². The quantitative estimate of drug-likeness (QED) is 0.574. The van der Waals surface area contributed by atoms with Gasteiger partial charge in [-0.3, -0.25) is 4.79 Å². The summed E-state index contributed by atoms with van der Waals surface area (Å²) in [5.74, 6) is 1.91. The molecule has 2 N–H and O–H groups in total. The van der Waals surface area contributed by atoms with Crippen LogP contribution >= 0.6 is 34.9 Å². The fourth-order valence-electron chi connectivity index (χ4n) is 1.82. The van der Waals surface area contributed by atoms with Crippen LogP contribution in [0.5, 0.6) is 5.75 Å². The number of aromatic nitrogens is 4. The maximum absolute atomic E-state index is 10.8. The first kappa shape index (κ1) is 17.7. The molecule has 3 rings (SSSR count).